The van der Waals surface area contributed by atoms with Crippen LogP contribution in [0.3, 0.4) is 0 Å². The first kappa shape index (κ1) is 10.8. The molecule has 1 aromatic heterocycles. The summed E-state index contributed by atoms with van der Waals surface area (Å²) in [5.74, 6) is 0. The summed E-state index contributed by atoms with van der Waals surface area (Å²) < 4.78 is 0. The molecule has 0 spiro atoms. The predicted molar refractivity (Wildman–Crippen MR) is 65.1 cm³/mol. The van der Waals surface area contributed by atoms with E-state index in [1.165, 1.54) is 5.56 Å². The molecule has 1 heterocycles. The van der Waals surface area contributed by atoms with E-state index in [1.807, 2.05) is 38.4 Å². The number of hydrogen-bond donors (Lipinski definition) is 1. The molecule has 0 amide bonds. The minimum absolute atomic E-state index is 0.0591. The van der Waals surface area contributed by atoms with E-state index in [9.17, 15) is 5.11 Å². The maximum Gasteiger partial charge on any atom is 0.0687 e. The van der Waals surface area contributed by atoms with Gasteiger partial charge in [-0.25, -0.2) is 0 Å². The molecule has 0 saturated carbocycles. The Morgan fingerprint density at radius 2 is 1.88 bits per heavy atom. The number of benzene rings is 1. The molecular formula is C14H15NO. The minimum atomic E-state index is 0.0591. The molecule has 82 valence electrons. The summed E-state index contributed by atoms with van der Waals surface area (Å²) in [4.78, 5) is 4.18. The fourth-order valence-electron chi connectivity index (χ4n) is 1.80. The summed E-state index contributed by atoms with van der Waals surface area (Å²) in [6.07, 6.45) is 3.67. The second-order valence-electron chi connectivity index (χ2n) is 4.07. The van der Waals surface area contributed by atoms with Crippen molar-refractivity contribution in [1.29, 1.82) is 0 Å². The zero-order valence-electron chi connectivity index (χ0n) is 9.57. The van der Waals surface area contributed by atoms with Crippen molar-refractivity contribution in [2.24, 2.45) is 0 Å². The topological polar surface area (TPSA) is 33.1 Å². The Kier molecular flexibility index (Phi) is 3.02. The van der Waals surface area contributed by atoms with Gasteiger partial charge in [-0.05, 0) is 36.6 Å². The van der Waals surface area contributed by atoms with Crippen LogP contribution in [0.1, 0.15) is 16.7 Å². The molecule has 2 nitrogen and oxygen atoms in total. The quantitative estimate of drug-likeness (QED) is 0.832. The summed E-state index contributed by atoms with van der Waals surface area (Å²) >= 11 is 0. The lowest BCUT2D eigenvalue weighted by molar-refractivity contribution is 0.282. The molecule has 2 heteroatoms. The average Bonchev–Trinajstić information content (AvgIpc) is 2.29. The van der Waals surface area contributed by atoms with Gasteiger partial charge in [-0.3, -0.25) is 4.98 Å². The molecule has 16 heavy (non-hydrogen) atoms. The molecule has 0 saturated heterocycles. The lowest BCUT2D eigenvalue weighted by Gasteiger charge is -2.09. The first-order valence-electron chi connectivity index (χ1n) is 5.33. The second-order valence-corrected chi connectivity index (χ2v) is 4.07. The van der Waals surface area contributed by atoms with Crippen LogP contribution in [-0.2, 0) is 6.61 Å². The molecule has 0 aliphatic rings. The van der Waals surface area contributed by atoms with Crippen molar-refractivity contribution in [1.82, 2.24) is 4.98 Å². The van der Waals surface area contributed by atoms with E-state index in [4.69, 9.17) is 0 Å². The van der Waals surface area contributed by atoms with Crippen LogP contribution in [0.2, 0.25) is 0 Å². The number of aliphatic hydroxyl groups excluding tert-OH is 1. The van der Waals surface area contributed by atoms with Crippen molar-refractivity contribution in [2.45, 2.75) is 20.5 Å². The lowest BCUT2D eigenvalue weighted by atomic mass is 9.98. The normalized spacial score (nSPS) is 10.4. The van der Waals surface area contributed by atoms with Crippen LogP contribution in [0.25, 0.3) is 11.1 Å². The van der Waals surface area contributed by atoms with E-state index in [-0.39, 0.29) is 6.61 Å². The van der Waals surface area contributed by atoms with Crippen LogP contribution < -0.4 is 0 Å². The number of nitrogens with zero attached hydrogens (tertiary/aromatic N) is 1. The highest BCUT2D eigenvalue weighted by atomic mass is 16.3. The van der Waals surface area contributed by atoms with E-state index < -0.39 is 0 Å². The molecule has 0 aliphatic carbocycles. The molecule has 0 bridgehead atoms. The largest absolute Gasteiger partial charge is 0.392 e. The summed E-state index contributed by atoms with van der Waals surface area (Å²) in [6, 6.07) is 8.15. The monoisotopic (exact) mass is 213 g/mol. The van der Waals surface area contributed by atoms with Gasteiger partial charge in [0.1, 0.15) is 0 Å². The van der Waals surface area contributed by atoms with Crippen LogP contribution in [0, 0.1) is 13.8 Å². The average molecular weight is 213 g/mol. The highest BCUT2D eigenvalue weighted by Gasteiger charge is 2.05. The molecule has 2 rings (SSSR count). The van der Waals surface area contributed by atoms with Crippen LogP contribution >= 0.6 is 0 Å². The highest BCUT2D eigenvalue weighted by Crippen LogP contribution is 2.25. The van der Waals surface area contributed by atoms with Gasteiger partial charge in [0.05, 0.1) is 6.61 Å². The molecule has 0 fully saturated rings. The lowest BCUT2D eigenvalue weighted by Crippen LogP contribution is -1.91. The fourth-order valence-corrected chi connectivity index (χ4v) is 1.80. The van der Waals surface area contributed by atoms with Crippen molar-refractivity contribution in [3.63, 3.8) is 0 Å². The SMILES string of the molecule is Cc1cncc(-c2cc(C)ccc2CO)c1. The van der Waals surface area contributed by atoms with Gasteiger partial charge in [-0.1, -0.05) is 23.8 Å². The number of aryl methyl sites for hydroxylation is 2. The minimum Gasteiger partial charge on any atom is -0.392 e. The third-order valence-electron chi connectivity index (χ3n) is 2.62. The van der Waals surface area contributed by atoms with E-state index in [1.54, 1.807) is 0 Å². The molecule has 0 aliphatic heterocycles. The van der Waals surface area contributed by atoms with Crippen molar-refractivity contribution in [3.8, 4) is 11.1 Å². The molecule has 0 radical (unpaired) electrons. The van der Waals surface area contributed by atoms with Gasteiger partial charge < -0.3 is 5.11 Å². The van der Waals surface area contributed by atoms with E-state index in [2.05, 4.69) is 17.1 Å². The van der Waals surface area contributed by atoms with Gasteiger partial charge in [-0.15, -0.1) is 0 Å². The summed E-state index contributed by atoms with van der Waals surface area (Å²) in [6.45, 7) is 4.13. The Morgan fingerprint density at radius 3 is 2.56 bits per heavy atom. The summed E-state index contributed by atoms with van der Waals surface area (Å²) in [7, 11) is 0. The Morgan fingerprint density at radius 1 is 1.06 bits per heavy atom. The smallest absolute Gasteiger partial charge is 0.0687 e. The first-order chi connectivity index (χ1) is 7.70. The van der Waals surface area contributed by atoms with Crippen LogP contribution in [0.4, 0.5) is 0 Å². The first-order valence-corrected chi connectivity index (χ1v) is 5.33. The van der Waals surface area contributed by atoms with Gasteiger partial charge in [0, 0.05) is 18.0 Å². The van der Waals surface area contributed by atoms with Gasteiger partial charge in [0.25, 0.3) is 0 Å². The molecule has 0 atom stereocenters. The number of hydrogen-bond acceptors (Lipinski definition) is 2. The predicted octanol–water partition coefficient (Wildman–Crippen LogP) is 2.86. The fraction of sp³-hybridized carbons (Fsp3) is 0.214. The van der Waals surface area contributed by atoms with E-state index in [0.29, 0.717) is 0 Å². The standard InChI is InChI=1S/C14H15NO/c1-10-3-4-12(9-16)14(6-10)13-5-11(2)7-15-8-13/h3-8,16H,9H2,1-2H3. The zero-order chi connectivity index (χ0) is 11.5. The third-order valence-corrected chi connectivity index (χ3v) is 2.62. The van der Waals surface area contributed by atoms with Crippen molar-refractivity contribution in [3.05, 3.63) is 53.3 Å². The molecular weight excluding hydrogens is 198 g/mol. The number of pyridine rings is 1. The van der Waals surface area contributed by atoms with E-state index in [0.717, 1.165) is 22.3 Å². The second kappa shape index (κ2) is 4.45. The maximum atomic E-state index is 9.32. The van der Waals surface area contributed by atoms with Gasteiger partial charge in [-0.2, -0.15) is 0 Å². The van der Waals surface area contributed by atoms with Crippen molar-refractivity contribution in [2.75, 3.05) is 0 Å². The Bertz CT molecular complexity index is 506. The molecule has 0 unspecified atom stereocenters. The molecule has 1 N–H and O–H groups in total. The molecule has 2 aromatic rings. The number of aliphatic hydroxyl groups is 1. The van der Waals surface area contributed by atoms with Crippen molar-refractivity contribution >= 4 is 0 Å². The summed E-state index contributed by atoms with van der Waals surface area (Å²) in [5.41, 5.74) is 5.39. The Balaban J connectivity index is 2.58. The van der Waals surface area contributed by atoms with Crippen LogP contribution in [0.15, 0.2) is 36.7 Å². The van der Waals surface area contributed by atoms with Gasteiger partial charge in [0.2, 0.25) is 0 Å². The van der Waals surface area contributed by atoms with Gasteiger partial charge in [0.15, 0.2) is 0 Å². The highest BCUT2D eigenvalue weighted by molar-refractivity contribution is 5.67. The number of rotatable bonds is 2. The van der Waals surface area contributed by atoms with Crippen LogP contribution in [0.5, 0.6) is 0 Å². The van der Waals surface area contributed by atoms with Crippen LogP contribution in [-0.4, -0.2) is 10.1 Å². The zero-order valence-corrected chi connectivity index (χ0v) is 9.57. The molecule has 1 aromatic carbocycles. The maximum absolute atomic E-state index is 9.32. The Hall–Kier alpha value is -1.67. The Labute approximate surface area is 95.6 Å². The van der Waals surface area contributed by atoms with Gasteiger partial charge >= 0.3 is 0 Å². The summed E-state index contributed by atoms with van der Waals surface area (Å²) in [5, 5.41) is 9.32. The number of aromatic nitrogens is 1. The van der Waals surface area contributed by atoms with E-state index >= 15 is 0 Å². The third kappa shape index (κ3) is 2.12. The van der Waals surface area contributed by atoms with Crippen molar-refractivity contribution < 1.29 is 5.11 Å².